The molecule has 1 aliphatic rings. The van der Waals surface area contributed by atoms with E-state index in [-0.39, 0.29) is 5.91 Å². The van der Waals surface area contributed by atoms with E-state index in [2.05, 4.69) is 4.99 Å². The average molecular weight is 328 g/mol. The zero-order valence-corrected chi connectivity index (χ0v) is 13.7. The van der Waals surface area contributed by atoms with E-state index in [0.29, 0.717) is 11.4 Å². The molecule has 0 spiro atoms. The van der Waals surface area contributed by atoms with Crippen molar-refractivity contribution < 1.29 is 9.53 Å². The minimum Gasteiger partial charge on any atom is -0.497 e. The summed E-state index contributed by atoms with van der Waals surface area (Å²) < 4.78 is 5.17. The van der Waals surface area contributed by atoms with Gasteiger partial charge in [0.1, 0.15) is 11.5 Å². The molecule has 3 aromatic carbocycles. The number of aliphatic imine (C=N–C) groups is 1. The predicted octanol–water partition coefficient (Wildman–Crippen LogP) is 4.49. The van der Waals surface area contributed by atoms with Crippen LogP contribution in [0.2, 0.25) is 0 Å². The van der Waals surface area contributed by atoms with Gasteiger partial charge in [-0.2, -0.15) is 0 Å². The summed E-state index contributed by atoms with van der Waals surface area (Å²) in [7, 11) is 1.62. The Morgan fingerprint density at radius 1 is 0.840 bits per heavy atom. The molecule has 0 aromatic heterocycles. The van der Waals surface area contributed by atoms with Crippen molar-refractivity contribution in [3.05, 3.63) is 84.4 Å². The molecule has 0 saturated carbocycles. The van der Waals surface area contributed by atoms with E-state index in [1.165, 1.54) is 0 Å². The van der Waals surface area contributed by atoms with Crippen molar-refractivity contribution in [2.45, 2.75) is 0 Å². The fourth-order valence-electron chi connectivity index (χ4n) is 2.93. The van der Waals surface area contributed by atoms with Gasteiger partial charge in [-0.05, 0) is 42.5 Å². The van der Waals surface area contributed by atoms with Crippen LogP contribution in [0.15, 0.2) is 83.9 Å². The maximum absolute atomic E-state index is 13.1. The van der Waals surface area contributed by atoms with Gasteiger partial charge in [0.2, 0.25) is 0 Å². The van der Waals surface area contributed by atoms with Gasteiger partial charge in [0, 0.05) is 11.3 Å². The molecule has 0 saturated heterocycles. The molecule has 1 aliphatic heterocycles. The SMILES string of the molecule is COc1ccc(N=C2C(=O)N(c3ccccc3)c3ccccc32)cc1. The molecule has 0 fully saturated rings. The molecule has 1 amide bonds. The van der Waals surface area contributed by atoms with Crippen LogP contribution in [-0.4, -0.2) is 18.7 Å². The maximum Gasteiger partial charge on any atom is 0.282 e. The Hall–Kier alpha value is -3.40. The summed E-state index contributed by atoms with van der Waals surface area (Å²) in [5.41, 5.74) is 3.69. The molecule has 122 valence electrons. The van der Waals surface area contributed by atoms with Gasteiger partial charge in [-0.25, -0.2) is 4.99 Å². The quantitative estimate of drug-likeness (QED) is 0.710. The number of hydrogen-bond donors (Lipinski definition) is 0. The fourth-order valence-corrected chi connectivity index (χ4v) is 2.93. The largest absolute Gasteiger partial charge is 0.497 e. The highest BCUT2D eigenvalue weighted by Gasteiger charge is 2.34. The van der Waals surface area contributed by atoms with Crippen LogP contribution in [0.3, 0.4) is 0 Å². The lowest BCUT2D eigenvalue weighted by molar-refractivity contribution is -0.111. The van der Waals surface area contributed by atoms with Crippen LogP contribution in [0, 0.1) is 0 Å². The molecule has 0 atom stereocenters. The monoisotopic (exact) mass is 328 g/mol. The summed E-state index contributed by atoms with van der Waals surface area (Å²) in [4.78, 5) is 19.4. The van der Waals surface area contributed by atoms with Gasteiger partial charge in [0.25, 0.3) is 5.91 Å². The lowest BCUT2D eigenvalue weighted by Gasteiger charge is -2.16. The van der Waals surface area contributed by atoms with E-state index >= 15 is 0 Å². The number of ether oxygens (including phenoxy) is 1. The zero-order chi connectivity index (χ0) is 17.2. The van der Waals surface area contributed by atoms with E-state index in [0.717, 1.165) is 22.7 Å². The van der Waals surface area contributed by atoms with Crippen molar-refractivity contribution in [3.63, 3.8) is 0 Å². The highest BCUT2D eigenvalue weighted by molar-refractivity contribution is 6.56. The van der Waals surface area contributed by atoms with Gasteiger partial charge in [0.15, 0.2) is 0 Å². The first-order valence-corrected chi connectivity index (χ1v) is 7.99. The van der Waals surface area contributed by atoms with Gasteiger partial charge in [-0.3, -0.25) is 9.69 Å². The van der Waals surface area contributed by atoms with E-state index in [9.17, 15) is 4.79 Å². The van der Waals surface area contributed by atoms with Gasteiger partial charge < -0.3 is 4.74 Å². The summed E-state index contributed by atoms with van der Waals surface area (Å²) in [6.45, 7) is 0. The Kier molecular flexibility index (Phi) is 3.78. The number of benzene rings is 3. The fraction of sp³-hybridized carbons (Fsp3) is 0.0476. The van der Waals surface area contributed by atoms with Crippen molar-refractivity contribution in [1.82, 2.24) is 0 Å². The molecule has 4 nitrogen and oxygen atoms in total. The first-order valence-electron chi connectivity index (χ1n) is 7.99. The number of rotatable bonds is 3. The Labute approximate surface area is 146 Å². The molecule has 25 heavy (non-hydrogen) atoms. The van der Waals surface area contributed by atoms with Crippen LogP contribution in [0.4, 0.5) is 17.1 Å². The number of fused-ring (bicyclic) bond motifs is 1. The van der Waals surface area contributed by atoms with Crippen LogP contribution in [0.5, 0.6) is 5.75 Å². The third-order valence-corrected chi connectivity index (χ3v) is 4.13. The Morgan fingerprint density at radius 3 is 2.24 bits per heavy atom. The summed E-state index contributed by atoms with van der Waals surface area (Å²) in [6, 6.07) is 24.7. The Bertz CT molecular complexity index is 947. The second-order valence-electron chi connectivity index (χ2n) is 5.65. The minimum atomic E-state index is -0.122. The molecule has 0 unspecified atom stereocenters. The molecule has 4 rings (SSSR count). The number of carbonyl (C=O) groups excluding carboxylic acids is 1. The summed E-state index contributed by atoms with van der Waals surface area (Å²) in [6.07, 6.45) is 0. The molecular formula is C21H16N2O2. The molecule has 0 bridgehead atoms. The lowest BCUT2D eigenvalue weighted by atomic mass is 10.1. The average Bonchev–Trinajstić information content (AvgIpc) is 2.95. The first kappa shape index (κ1) is 15.1. The second-order valence-corrected chi connectivity index (χ2v) is 5.65. The van der Waals surface area contributed by atoms with Crippen molar-refractivity contribution in [3.8, 4) is 5.75 Å². The zero-order valence-electron chi connectivity index (χ0n) is 13.7. The molecule has 0 aliphatic carbocycles. The van der Waals surface area contributed by atoms with E-state index in [1.807, 2.05) is 78.9 Å². The summed E-state index contributed by atoms with van der Waals surface area (Å²) >= 11 is 0. The smallest absolute Gasteiger partial charge is 0.282 e. The maximum atomic E-state index is 13.1. The molecule has 0 N–H and O–H groups in total. The molecule has 1 heterocycles. The van der Waals surface area contributed by atoms with Crippen molar-refractivity contribution in [2.24, 2.45) is 4.99 Å². The van der Waals surface area contributed by atoms with E-state index < -0.39 is 0 Å². The van der Waals surface area contributed by atoms with Crippen LogP contribution in [0.1, 0.15) is 5.56 Å². The van der Waals surface area contributed by atoms with Gasteiger partial charge >= 0.3 is 0 Å². The van der Waals surface area contributed by atoms with Crippen LogP contribution in [0.25, 0.3) is 0 Å². The number of hydrogen-bond acceptors (Lipinski definition) is 3. The standard InChI is InChI=1S/C21H16N2O2/c1-25-17-13-11-15(12-14-17)22-20-18-9-5-6-10-19(18)23(21(20)24)16-7-3-2-4-8-16/h2-14H,1H3. The lowest BCUT2D eigenvalue weighted by Crippen LogP contribution is -2.25. The first-order chi connectivity index (χ1) is 12.3. The normalized spacial score (nSPS) is 14.7. The highest BCUT2D eigenvalue weighted by Crippen LogP contribution is 2.36. The van der Waals surface area contributed by atoms with Crippen LogP contribution < -0.4 is 9.64 Å². The molecule has 3 aromatic rings. The molecule has 0 radical (unpaired) electrons. The predicted molar refractivity (Wildman–Crippen MR) is 99.2 cm³/mol. The number of carbonyl (C=O) groups is 1. The third-order valence-electron chi connectivity index (χ3n) is 4.13. The van der Waals surface area contributed by atoms with Crippen molar-refractivity contribution in [2.75, 3.05) is 12.0 Å². The van der Waals surface area contributed by atoms with E-state index in [1.54, 1.807) is 12.0 Å². The van der Waals surface area contributed by atoms with Gasteiger partial charge in [-0.15, -0.1) is 0 Å². The van der Waals surface area contributed by atoms with Gasteiger partial charge in [0.05, 0.1) is 18.5 Å². The van der Waals surface area contributed by atoms with E-state index in [4.69, 9.17) is 4.74 Å². The Morgan fingerprint density at radius 2 is 1.52 bits per heavy atom. The van der Waals surface area contributed by atoms with Crippen LogP contribution >= 0.6 is 0 Å². The number of para-hydroxylation sites is 2. The molecular weight excluding hydrogens is 312 g/mol. The summed E-state index contributed by atoms with van der Waals surface area (Å²) in [5, 5.41) is 0. The third kappa shape index (κ3) is 2.68. The number of anilines is 2. The summed E-state index contributed by atoms with van der Waals surface area (Å²) in [5.74, 6) is 0.635. The number of methoxy groups -OCH3 is 1. The number of nitrogens with zero attached hydrogens (tertiary/aromatic N) is 2. The van der Waals surface area contributed by atoms with Crippen LogP contribution in [-0.2, 0) is 4.79 Å². The Balaban J connectivity index is 1.81. The minimum absolute atomic E-state index is 0.122. The second kappa shape index (κ2) is 6.24. The number of amides is 1. The highest BCUT2D eigenvalue weighted by atomic mass is 16.5. The van der Waals surface area contributed by atoms with Crippen molar-refractivity contribution >= 4 is 28.7 Å². The van der Waals surface area contributed by atoms with Gasteiger partial charge in [-0.1, -0.05) is 36.4 Å². The topological polar surface area (TPSA) is 41.9 Å². The van der Waals surface area contributed by atoms with Crippen molar-refractivity contribution in [1.29, 1.82) is 0 Å². The molecule has 4 heteroatoms.